The molecule has 0 aliphatic heterocycles. The molecular weight excluding hydrogens is 233 g/mol. The summed E-state index contributed by atoms with van der Waals surface area (Å²) in [6.45, 7) is 0. The number of rotatable bonds is 4. The minimum atomic E-state index is -0.777. The molecule has 1 aromatic heterocycles. The first kappa shape index (κ1) is 12.5. The summed E-state index contributed by atoms with van der Waals surface area (Å²) >= 11 is 0. The Bertz CT molecular complexity index is 531. The van der Waals surface area contributed by atoms with Crippen molar-refractivity contribution in [2.45, 2.75) is 12.5 Å². The van der Waals surface area contributed by atoms with Crippen LogP contribution >= 0.6 is 0 Å². The van der Waals surface area contributed by atoms with Gasteiger partial charge in [0.2, 0.25) is 0 Å². The van der Waals surface area contributed by atoms with Crippen molar-refractivity contribution in [3.8, 4) is 5.75 Å². The molecule has 2 aromatic rings. The van der Waals surface area contributed by atoms with Crippen LogP contribution < -0.4 is 4.74 Å². The average molecular weight is 247 g/mol. The molecule has 1 atom stereocenters. The molecule has 0 radical (unpaired) electrons. The number of ether oxygens (including phenoxy) is 1. The van der Waals surface area contributed by atoms with Crippen LogP contribution in [0.15, 0.2) is 42.7 Å². The van der Waals surface area contributed by atoms with Gasteiger partial charge in [-0.1, -0.05) is 12.1 Å². The predicted molar refractivity (Wildman–Crippen MR) is 65.9 cm³/mol. The van der Waals surface area contributed by atoms with Crippen LogP contribution in [0.1, 0.15) is 17.2 Å². The van der Waals surface area contributed by atoms with Gasteiger partial charge in [-0.05, 0) is 23.8 Å². The van der Waals surface area contributed by atoms with E-state index in [9.17, 15) is 9.50 Å². The van der Waals surface area contributed by atoms with Gasteiger partial charge >= 0.3 is 0 Å². The molecule has 0 bridgehead atoms. The van der Waals surface area contributed by atoms with Crippen LogP contribution in [0.4, 0.5) is 4.39 Å². The third kappa shape index (κ3) is 3.05. The highest BCUT2D eigenvalue weighted by Crippen LogP contribution is 2.20. The summed E-state index contributed by atoms with van der Waals surface area (Å²) in [7, 11) is 1.59. The first-order valence-electron chi connectivity index (χ1n) is 5.60. The summed E-state index contributed by atoms with van der Waals surface area (Å²) in [6, 6.07) is 8.70. The lowest BCUT2D eigenvalue weighted by Gasteiger charge is -2.11. The third-order valence-corrected chi connectivity index (χ3v) is 2.67. The van der Waals surface area contributed by atoms with E-state index in [4.69, 9.17) is 4.74 Å². The molecule has 0 aliphatic carbocycles. The van der Waals surface area contributed by atoms with Crippen molar-refractivity contribution in [1.82, 2.24) is 4.98 Å². The second-order valence-corrected chi connectivity index (χ2v) is 4.01. The van der Waals surface area contributed by atoms with Crippen LogP contribution in [-0.4, -0.2) is 17.2 Å². The van der Waals surface area contributed by atoms with Crippen LogP contribution in [-0.2, 0) is 6.42 Å². The monoisotopic (exact) mass is 247 g/mol. The number of methoxy groups -OCH3 is 1. The van der Waals surface area contributed by atoms with Gasteiger partial charge < -0.3 is 9.84 Å². The zero-order valence-corrected chi connectivity index (χ0v) is 10.0. The lowest BCUT2D eigenvalue weighted by Crippen LogP contribution is -2.03. The molecule has 2 rings (SSSR count). The zero-order chi connectivity index (χ0) is 13.0. The molecule has 3 nitrogen and oxygen atoms in total. The van der Waals surface area contributed by atoms with Gasteiger partial charge in [0, 0.05) is 18.2 Å². The number of hydrogen-bond donors (Lipinski definition) is 1. The number of halogens is 1. The topological polar surface area (TPSA) is 42.4 Å². The quantitative estimate of drug-likeness (QED) is 0.902. The van der Waals surface area contributed by atoms with Gasteiger partial charge in [-0.25, -0.2) is 4.39 Å². The smallest absolute Gasteiger partial charge is 0.141 e. The lowest BCUT2D eigenvalue weighted by atomic mass is 10.0. The molecule has 94 valence electrons. The van der Waals surface area contributed by atoms with E-state index < -0.39 is 11.9 Å². The average Bonchev–Trinajstić information content (AvgIpc) is 2.39. The van der Waals surface area contributed by atoms with E-state index in [1.807, 2.05) is 24.3 Å². The lowest BCUT2D eigenvalue weighted by molar-refractivity contribution is 0.177. The first-order chi connectivity index (χ1) is 8.69. The predicted octanol–water partition coefficient (Wildman–Crippen LogP) is 2.51. The Hall–Kier alpha value is -1.94. The number of pyridine rings is 1. The van der Waals surface area contributed by atoms with E-state index in [1.54, 1.807) is 7.11 Å². The van der Waals surface area contributed by atoms with Crippen molar-refractivity contribution < 1.29 is 14.2 Å². The van der Waals surface area contributed by atoms with Crippen LogP contribution in [0, 0.1) is 5.82 Å². The Kier molecular flexibility index (Phi) is 3.89. The van der Waals surface area contributed by atoms with E-state index in [-0.39, 0.29) is 0 Å². The van der Waals surface area contributed by atoms with E-state index >= 15 is 0 Å². The van der Waals surface area contributed by atoms with Gasteiger partial charge in [0.1, 0.15) is 11.6 Å². The van der Waals surface area contributed by atoms with Gasteiger partial charge in [0.15, 0.2) is 0 Å². The molecule has 18 heavy (non-hydrogen) atoms. The van der Waals surface area contributed by atoms with Crippen molar-refractivity contribution in [1.29, 1.82) is 0 Å². The summed E-state index contributed by atoms with van der Waals surface area (Å²) in [5.74, 6) is 0.286. The maximum absolute atomic E-state index is 13.0. The number of aliphatic hydroxyl groups excluding tert-OH is 1. The molecule has 4 heteroatoms. The summed E-state index contributed by atoms with van der Waals surface area (Å²) < 4.78 is 18.1. The number of hydrogen-bond acceptors (Lipinski definition) is 3. The molecule has 0 saturated carbocycles. The maximum Gasteiger partial charge on any atom is 0.141 e. The fourth-order valence-corrected chi connectivity index (χ4v) is 1.75. The van der Waals surface area contributed by atoms with Crippen LogP contribution in [0.25, 0.3) is 0 Å². The van der Waals surface area contributed by atoms with E-state index in [0.717, 1.165) is 17.5 Å². The second kappa shape index (κ2) is 5.60. The third-order valence-electron chi connectivity index (χ3n) is 2.67. The van der Waals surface area contributed by atoms with E-state index in [0.29, 0.717) is 12.0 Å². The second-order valence-electron chi connectivity index (χ2n) is 4.01. The Balaban J connectivity index is 2.13. The summed E-state index contributed by atoms with van der Waals surface area (Å²) in [5, 5.41) is 10.0. The summed E-state index contributed by atoms with van der Waals surface area (Å²) in [5.41, 5.74) is 1.39. The molecule has 1 heterocycles. The Morgan fingerprint density at radius 3 is 2.89 bits per heavy atom. The Labute approximate surface area is 105 Å². The van der Waals surface area contributed by atoms with E-state index in [1.165, 1.54) is 12.3 Å². The number of benzene rings is 1. The molecule has 0 fully saturated rings. The molecule has 1 aromatic carbocycles. The van der Waals surface area contributed by atoms with Gasteiger partial charge in [-0.15, -0.1) is 0 Å². The van der Waals surface area contributed by atoms with Crippen molar-refractivity contribution in [2.75, 3.05) is 7.11 Å². The highest BCUT2D eigenvalue weighted by atomic mass is 19.1. The SMILES string of the molecule is COc1cccc(CC(O)c2cncc(F)c2)c1. The zero-order valence-electron chi connectivity index (χ0n) is 10.0. The van der Waals surface area contributed by atoms with Gasteiger partial charge in [-0.2, -0.15) is 0 Å². The van der Waals surface area contributed by atoms with Crippen LogP contribution in [0.3, 0.4) is 0 Å². The largest absolute Gasteiger partial charge is 0.497 e. The molecule has 1 N–H and O–H groups in total. The molecular formula is C14H14FNO2. The highest BCUT2D eigenvalue weighted by Gasteiger charge is 2.10. The summed E-state index contributed by atoms with van der Waals surface area (Å²) in [6.07, 6.45) is 2.19. The summed E-state index contributed by atoms with van der Waals surface area (Å²) in [4.78, 5) is 3.72. The first-order valence-corrected chi connectivity index (χ1v) is 5.60. The Morgan fingerprint density at radius 1 is 1.33 bits per heavy atom. The van der Waals surface area contributed by atoms with Crippen molar-refractivity contribution in [3.63, 3.8) is 0 Å². The fraction of sp³-hybridized carbons (Fsp3) is 0.214. The molecule has 1 unspecified atom stereocenters. The number of aliphatic hydroxyl groups is 1. The van der Waals surface area contributed by atoms with Gasteiger partial charge in [0.05, 0.1) is 19.4 Å². The normalized spacial score (nSPS) is 12.2. The number of aromatic nitrogens is 1. The fourth-order valence-electron chi connectivity index (χ4n) is 1.75. The van der Waals surface area contributed by atoms with Crippen molar-refractivity contribution in [2.24, 2.45) is 0 Å². The minimum Gasteiger partial charge on any atom is -0.497 e. The molecule has 0 spiro atoms. The molecule has 0 saturated heterocycles. The molecule has 0 amide bonds. The minimum absolute atomic E-state index is 0.391. The number of nitrogens with zero attached hydrogens (tertiary/aromatic N) is 1. The van der Waals surface area contributed by atoms with Crippen LogP contribution in [0.2, 0.25) is 0 Å². The molecule has 0 aliphatic rings. The maximum atomic E-state index is 13.0. The highest BCUT2D eigenvalue weighted by molar-refractivity contribution is 5.29. The van der Waals surface area contributed by atoms with Crippen LogP contribution in [0.5, 0.6) is 5.75 Å². The van der Waals surface area contributed by atoms with Gasteiger partial charge in [-0.3, -0.25) is 4.98 Å². The van der Waals surface area contributed by atoms with Crippen molar-refractivity contribution in [3.05, 3.63) is 59.7 Å². The Morgan fingerprint density at radius 2 is 2.17 bits per heavy atom. The van der Waals surface area contributed by atoms with E-state index in [2.05, 4.69) is 4.98 Å². The standard InChI is InChI=1S/C14H14FNO2/c1-18-13-4-2-3-10(5-13)6-14(17)11-7-12(15)9-16-8-11/h2-5,7-9,14,17H,6H2,1H3. The van der Waals surface area contributed by atoms with Gasteiger partial charge in [0.25, 0.3) is 0 Å². The van der Waals surface area contributed by atoms with Crippen molar-refractivity contribution >= 4 is 0 Å².